The standard InChI is InChI=1S/C13H14N2O/c1-3-4-7-15-10-11-5-6-12(9-14)13(8-11)16-2/h1,5-6,8,15H,4,7,10H2,2H3. The van der Waals surface area contributed by atoms with Crippen molar-refractivity contribution in [2.24, 2.45) is 0 Å². The number of terminal acetylenes is 1. The Kier molecular flexibility index (Phi) is 4.92. The number of nitrogens with zero attached hydrogens (tertiary/aromatic N) is 1. The smallest absolute Gasteiger partial charge is 0.136 e. The molecule has 0 aliphatic carbocycles. The molecule has 1 aromatic carbocycles. The van der Waals surface area contributed by atoms with Gasteiger partial charge in [0.15, 0.2) is 0 Å². The minimum Gasteiger partial charge on any atom is -0.495 e. The number of nitrogens with one attached hydrogen (secondary N) is 1. The van der Waals surface area contributed by atoms with Crippen LogP contribution in [-0.2, 0) is 6.54 Å². The molecular formula is C13H14N2O. The fourth-order valence-corrected chi connectivity index (χ4v) is 1.33. The third kappa shape index (κ3) is 3.31. The number of ether oxygens (including phenoxy) is 1. The molecule has 0 heterocycles. The van der Waals surface area contributed by atoms with Gasteiger partial charge < -0.3 is 10.1 Å². The summed E-state index contributed by atoms with van der Waals surface area (Å²) >= 11 is 0. The number of hydrogen-bond acceptors (Lipinski definition) is 3. The van der Waals surface area contributed by atoms with Crippen molar-refractivity contribution in [2.45, 2.75) is 13.0 Å². The van der Waals surface area contributed by atoms with Crippen LogP contribution >= 0.6 is 0 Å². The predicted octanol–water partition coefficient (Wildman–Crippen LogP) is 1.68. The van der Waals surface area contributed by atoms with Crippen LogP contribution in [0.2, 0.25) is 0 Å². The van der Waals surface area contributed by atoms with Gasteiger partial charge in [0.25, 0.3) is 0 Å². The average molecular weight is 214 g/mol. The van der Waals surface area contributed by atoms with E-state index in [1.807, 2.05) is 12.1 Å². The van der Waals surface area contributed by atoms with Crippen LogP contribution in [0.5, 0.6) is 5.75 Å². The van der Waals surface area contributed by atoms with Gasteiger partial charge in [-0.25, -0.2) is 0 Å². The van der Waals surface area contributed by atoms with Gasteiger partial charge in [0.2, 0.25) is 0 Å². The van der Waals surface area contributed by atoms with Crippen molar-refractivity contribution in [3.05, 3.63) is 29.3 Å². The Balaban J connectivity index is 2.62. The summed E-state index contributed by atoms with van der Waals surface area (Å²) in [6.45, 7) is 1.52. The molecule has 0 saturated heterocycles. The lowest BCUT2D eigenvalue weighted by molar-refractivity contribution is 0.412. The maximum Gasteiger partial charge on any atom is 0.136 e. The van der Waals surface area contributed by atoms with E-state index in [1.54, 1.807) is 13.2 Å². The Bertz CT molecular complexity index is 427. The van der Waals surface area contributed by atoms with Crippen LogP contribution in [0.4, 0.5) is 0 Å². The number of benzene rings is 1. The molecule has 0 saturated carbocycles. The van der Waals surface area contributed by atoms with Crippen molar-refractivity contribution in [1.29, 1.82) is 5.26 Å². The van der Waals surface area contributed by atoms with Crippen LogP contribution in [-0.4, -0.2) is 13.7 Å². The highest BCUT2D eigenvalue weighted by atomic mass is 16.5. The lowest BCUT2D eigenvalue weighted by atomic mass is 10.1. The zero-order valence-corrected chi connectivity index (χ0v) is 9.29. The zero-order chi connectivity index (χ0) is 11.8. The highest BCUT2D eigenvalue weighted by Gasteiger charge is 2.02. The molecule has 0 amide bonds. The summed E-state index contributed by atoms with van der Waals surface area (Å²) in [5.41, 5.74) is 1.63. The van der Waals surface area contributed by atoms with Gasteiger partial charge in [0.1, 0.15) is 11.8 Å². The maximum atomic E-state index is 8.82. The SMILES string of the molecule is C#CCCNCc1ccc(C#N)c(OC)c1. The lowest BCUT2D eigenvalue weighted by Crippen LogP contribution is -2.14. The minimum atomic E-state index is 0.551. The molecular weight excluding hydrogens is 200 g/mol. The first-order valence-electron chi connectivity index (χ1n) is 5.03. The van der Waals surface area contributed by atoms with Gasteiger partial charge in [-0.2, -0.15) is 5.26 Å². The second kappa shape index (κ2) is 6.50. The lowest BCUT2D eigenvalue weighted by Gasteiger charge is -2.06. The fraction of sp³-hybridized carbons (Fsp3) is 0.308. The molecule has 3 heteroatoms. The topological polar surface area (TPSA) is 45.0 Å². The second-order valence-corrected chi connectivity index (χ2v) is 3.28. The van der Waals surface area contributed by atoms with E-state index in [9.17, 15) is 0 Å². The molecule has 1 rings (SSSR count). The first-order chi connectivity index (χ1) is 7.81. The maximum absolute atomic E-state index is 8.82. The Morgan fingerprint density at radius 2 is 2.31 bits per heavy atom. The predicted molar refractivity (Wildman–Crippen MR) is 62.9 cm³/mol. The van der Waals surface area contributed by atoms with Gasteiger partial charge in [0, 0.05) is 19.5 Å². The van der Waals surface area contributed by atoms with Crippen molar-refractivity contribution in [3.8, 4) is 24.2 Å². The average Bonchev–Trinajstić information content (AvgIpc) is 2.34. The molecule has 1 N–H and O–H groups in total. The van der Waals surface area contributed by atoms with E-state index in [0.29, 0.717) is 17.7 Å². The summed E-state index contributed by atoms with van der Waals surface area (Å²) in [7, 11) is 1.56. The molecule has 0 atom stereocenters. The first kappa shape index (κ1) is 12.1. The molecule has 0 radical (unpaired) electrons. The van der Waals surface area contributed by atoms with Crippen LogP contribution in [0.15, 0.2) is 18.2 Å². The summed E-state index contributed by atoms with van der Waals surface area (Å²) in [5.74, 6) is 3.17. The van der Waals surface area contributed by atoms with E-state index in [4.69, 9.17) is 16.4 Å². The number of rotatable bonds is 5. The highest BCUT2D eigenvalue weighted by molar-refractivity contribution is 5.45. The van der Waals surface area contributed by atoms with Crippen molar-refractivity contribution in [3.63, 3.8) is 0 Å². The van der Waals surface area contributed by atoms with Crippen molar-refractivity contribution >= 4 is 0 Å². The molecule has 0 aromatic heterocycles. The van der Waals surface area contributed by atoms with Gasteiger partial charge in [-0.3, -0.25) is 0 Å². The van der Waals surface area contributed by atoms with Crippen molar-refractivity contribution in [1.82, 2.24) is 5.32 Å². The Hall–Kier alpha value is -1.97. The summed E-state index contributed by atoms with van der Waals surface area (Å²) in [4.78, 5) is 0. The monoisotopic (exact) mass is 214 g/mol. The van der Waals surface area contributed by atoms with E-state index in [1.165, 1.54) is 0 Å². The van der Waals surface area contributed by atoms with E-state index in [0.717, 1.165) is 18.7 Å². The largest absolute Gasteiger partial charge is 0.495 e. The normalized spacial score (nSPS) is 9.19. The molecule has 16 heavy (non-hydrogen) atoms. The van der Waals surface area contributed by atoms with Crippen molar-refractivity contribution < 1.29 is 4.74 Å². The van der Waals surface area contributed by atoms with E-state index >= 15 is 0 Å². The summed E-state index contributed by atoms with van der Waals surface area (Å²) < 4.78 is 5.12. The molecule has 0 aliphatic heterocycles. The minimum absolute atomic E-state index is 0.551. The summed E-state index contributed by atoms with van der Waals surface area (Å²) in [6, 6.07) is 7.61. The van der Waals surface area contributed by atoms with E-state index in [-0.39, 0.29) is 0 Å². The second-order valence-electron chi connectivity index (χ2n) is 3.28. The van der Waals surface area contributed by atoms with Gasteiger partial charge in [-0.15, -0.1) is 12.3 Å². The fourth-order valence-electron chi connectivity index (χ4n) is 1.33. The Morgan fingerprint density at radius 3 is 2.94 bits per heavy atom. The third-order valence-electron chi connectivity index (χ3n) is 2.16. The molecule has 0 unspecified atom stereocenters. The zero-order valence-electron chi connectivity index (χ0n) is 9.29. The Morgan fingerprint density at radius 1 is 1.50 bits per heavy atom. The molecule has 1 aromatic rings. The van der Waals surface area contributed by atoms with Gasteiger partial charge >= 0.3 is 0 Å². The van der Waals surface area contributed by atoms with E-state index in [2.05, 4.69) is 17.3 Å². The van der Waals surface area contributed by atoms with Crippen LogP contribution in [0.3, 0.4) is 0 Å². The van der Waals surface area contributed by atoms with Crippen molar-refractivity contribution in [2.75, 3.05) is 13.7 Å². The number of methoxy groups -OCH3 is 1. The molecule has 82 valence electrons. The van der Waals surface area contributed by atoms with Crippen LogP contribution < -0.4 is 10.1 Å². The molecule has 0 aliphatic rings. The molecule has 3 nitrogen and oxygen atoms in total. The van der Waals surface area contributed by atoms with Gasteiger partial charge in [0.05, 0.1) is 12.7 Å². The first-order valence-corrected chi connectivity index (χ1v) is 5.03. The van der Waals surface area contributed by atoms with Gasteiger partial charge in [-0.1, -0.05) is 6.07 Å². The molecule has 0 bridgehead atoms. The third-order valence-corrected chi connectivity index (χ3v) is 2.16. The number of hydrogen-bond donors (Lipinski definition) is 1. The molecule has 0 spiro atoms. The molecule has 0 fully saturated rings. The van der Waals surface area contributed by atoms with Crippen LogP contribution in [0.1, 0.15) is 17.5 Å². The number of nitriles is 1. The van der Waals surface area contributed by atoms with Gasteiger partial charge in [-0.05, 0) is 17.7 Å². The van der Waals surface area contributed by atoms with Crippen LogP contribution in [0, 0.1) is 23.7 Å². The van der Waals surface area contributed by atoms with E-state index < -0.39 is 0 Å². The highest BCUT2D eigenvalue weighted by Crippen LogP contribution is 2.18. The quantitative estimate of drug-likeness (QED) is 0.599. The van der Waals surface area contributed by atoms with Crippen LogP contribution in [0.25, 0.3) is 0 Å². The summed E-state index contributed by atoms with van der Waals surface area (Å²) in [6.07, 6.45) is 5.86. The Labute approximate surface area is 96.0 Å². The summed E-state index contributed by atoms with van der Waals surface area (Å²) in [5, 5.41) is 12.0.